The molecule has 3 aliphatic heterocycles. The molecule has 0 amide bonds. The zero-order chi connectivity index (χ0) is 17.3. The van der Waals surface area contributed by atoms with E-state index in [0.717, 1.165) is 25.0 Å². The van der Waals surface area contributed by atoms with E-state index in [1.54, 1.807) is 13.2 Å². The number of carbonyl (C=O) groups excluding carboxylic acids is 1. The number of ketones is 1. The van der Waals surface area contributed by atoms with Gasteiger partial charge < -0.3 is 9.30 Å². The molecule has 2 aromatic rings. The van der Waals surface area contributed by atoms with Gasteiger partial charge in [0, 0.05) is 41.2 Å². The summed E-state index contributed by atoms with van der Waals surface area (Å²) >= 11 is 0. The number of nitrogens with zero attached hydrogens (tertiary/aromatic N) is 2. The van der Waals surface area contributed by atoms with Gasteiger partial charge in [-0.3, -0.25) is 9.69 Å². The van der Waals surface area contributed by atoms with Crippen molar-refractivity contribution in [2.24, 2.45) is 18.9 Å². The summed E-state index contributed by atoms with van der Waals surface area (Å²) in [7, 11) is 4.44. The van der Waals surface area contributed by atoms with E-state index in [-0.39, 0.29) is 5.78 Å². The third kappa shape index (κ3) is 1.94. The zero-order valence-electron chi connectivity index (χ0n) is 15.0. The van der Waals surface area contributed by atoms with E-state index in [9.17, 15) is 4.79 Å². The van der Waals surface area contributed by atoms with Gasteiger partial charge in [-0.2, -0.15) is 0 Å². The largest absolute Gasteiger partial charge is 0.500 e. The summed E-state index contributed by atoms with van der Waals surface area (Å²) in [5, 5.41) is 1.39. The highest BCUT2D eigenvalue weighted by Gasteiger charge is 2.49. The second-order valence-electron chi connectivity index (χ2n) is 7.86. The van der Waals surface area contributed by atoms with Crippen molar-refractivity contribution in [2.45, 2.75) is 31.8 Å². The number of Topliss-reactive ketones (excluding diaryl/α,β-unsaturated/α-hetero) is 1. The minimum absolute atomic E-state index is 0.162. The van der Waals surface area contributed by atoms with Gasteiger partial charge in [-0.15, -0.1) is 0 Å². The fourth-order valence-electron chi connectivity index (χ4n) is 5.59. The summed E-state index contributed by atoms with van der Waals surface area (Å²) in [5.74, 6) is 0.885. The number of aromatic nitrogens is 1. The van der Waals surface area contributed by atoms with Gasteiger partial charge in [-0.1, -0.05) is 18.2 Å². The molecule has 25 heavy (non-hydrogen) atoms. The van der Waals surface area contributed by atoms with Crippen molar-refractivity contribution in [1.29, 1.82) is 0 Å². The minimum Gasteiger partial charge on any atom is -0.500 e. The first-order valence-electron chi connectivity index (χ1n) is 9.18. The third-order valence-corrected chi connectivity index (χ3v) is 6.80. The van der Waals surface area contributed by atoms with Gasteiger partial charge in [-0.05, 0) is 44.4 Å². The topological polar surface area (TPSA) is 34.5 Å². The number of aryl methyl sites for hydroxylation is 1. The predicted molar refractivity (Wildman–Crippen MR) is 97.2 cm³/mol. The van der Waals surface area contributed by atoms with Crippen molar-refractivity contribution in [3.63, 3.8) is 0 Å². The molecule has 4 atom stereocenters. The van der Waals surface area contributed by atoms with Gasteiger partial charge in [0.1, 0.15) is 0 Å². The minimum atomic E-state index is 0.162. The molecule has 4 heterocycles. The monoisotopic (exact) mass is 336 g/mol. The van der Waals surface area contributed by atoms with Gasteiger partial charge in [0.2, 0.25) is 0 Å². The summed E-state index contributed by atoms with van der Waals surface area (Å²) in [5.41, 5.74) is 5.15. The molecule has 4 nitrogen and oxygen atoms in total. The van der Waals surface area contributed by atoms with Crippen LogP contribution in [0.4, 0.5) is 0 Å². The number of benzene rings is 1. The quantitative estimate of drug-likeness (QED) is 0.802. The second-order valence-corrected chi connectivity index (χ2v) is 7.86. The van der Waals surface area contributed by atoms with Crippen molar-refractivity contribution in [1.82, 2.24) is 9.47 Å². The van der Waals surface area contributed by atoms with Crippen LogP contribution in [-0.4, -0.2) is 34.9 Å². The van der Waals surface area contributed by atoms with Crippen LogP contribution in [-0.2, 0) is 23.0 Å². The molecular formula is C21H24N2O2. The van der Waals surface area contributed by atoms with Gasteiger partial charge in [0.25, 0.3) is 0 Å². The highest BCUT2D eigenvalue weighted by Crippen LogP contribution is 2.51. The molecule has 2 bridgehead atoms. The molecule has 1 aromatic carbocycles. The Morgan fingerprint density at radius 3 is 2.84 bits per heavy atom. The van der Waals surface area contributed by atoms with Gasteiger partial charge >= 0.3 is 0 Å². The summed E-state index contributed by atoms with van der Waals surface area (Å²) in [6, 6.07) is 9.53. The van der Waals surface area contributed by atoms with Gasteiger partial charge in [0.15, 0.2) is 5.78 Å². The van der Waals surface area contributed by atoms with E-state index in [1.165, 1.54) is 22.2 Å². The molecular weight excluding hydrogens is 312 g/mol. The Morgan fingerprint density at radius 1 is 1.24 bits per heavy atom. The fourth-order valence-corrected chi connectivity index (χ4v) is 5.59. The maximum absolute atomic E-state index is 12.1. The van der Waals surface area contributed by atoms with Crippen LogP contribution in [0.2, 0.25) is 0 Å². The lowest BCUT2D eigenvalue weighted by Crippen LogP contribution is -2.55. The van der Waals surface area contributed by atoms with Crippen LogP contribution in [0.15, 0.2) is 36.1 Å². The normalized spacial score (nSPS) is 31.1. The number of fused-ring (bicyclic) bond motifs is 8. The Bertz CT molecular complexity index is 910. The Morgan fingerprint density at radius 2 is 2.04 bits per heavy atom. The predicted octanol–water partition coefficient (Wildman–Crippen LogP) is 3.22. The number of para-hydroxylation sites is 1. The van der Waals surface area contributed by atoms with Crippen molar-refractivity contribution in [3.8, 4) is 0 Å². The number of carbonyl (C=O) groups is 1. The molecule has 0 saturated carbocycles. The molecule has 1 fully saturated rings. The first-order chi connectivity index (χ1) is 12.1. The van der Waals surface area contributed by atoms with Crippen LogP contribution in [0.25, 0.3) is 10.9 Å². The van der Waals surface area contributed by atoms with Crippen molar-refractivity contribution in [2.75, 3.05) is 13.7 Å². The molecule has 0 aliphatic carbocycles. The smallest absolute Gasteiger partial charge is 0.159 e. The fraction of sp³-hybridized carbons (Fsp3) is 0.476. The molecule has 3 aliphatic rings. The molecule has 4 heteroatoms. The van der Waals surface area contributed by atoms with E-state index >= 15 is 0 Å². The van der Waals surface area contributed by atoms with Crippen LogP contribution < -0.4 is 0 Å². The number of ether oxygens (including phenoxy) is 1. The van der Waals surface area contributed by atoms with Crippen molar-refractivity contribution < 1.29 is 9.53 Å². The second kappa shape index (κ2) is 5.21. The molecule has 0 unspecified atom stereocenters. The number of hydrogen-bond acceptors (Lipinski definition) is 3. The van der Waals surface area contributed by atoms with E-state index in [0.29, 0.717) is 23.9 Å². The number of likely N-dealkylation sites (N-methyl/N-ethyl adjacent to an activating group) is 1. The average Bonchev–Trinajstić information content (AvgIpc) is 2.88. The van der Waals surface area contributed by atoms with E-state index in [1.807, 2.05) is 0 Å². The Labute approximate surface area is 148 Å². The first kappa shape index (κ1) is 15.2. The number of hydrogen-bond donors (Lipinski definition) is 0. The van der Waals surface area contributed by atoms with Crippen LogP contribution in [0.1, 0.15) is 30.6 Å². The number of rotatable bonds is 1. The lowest BCUT2D eigenvalue weighted by atomic mass is 9.67. The highest BCUT2D eigenvalue weighted by molar-refractivity contribution is 5.93. The van der Waals surface area contributed by atoms with Crippen LogP contribution >= 0.6 is 0 Å². The van der Waals surface area contributed by atoms with E-state index in [2.05, 4.69) is 47.8 Å². The van der Waals surface area contributed by atoms with Crippen LogP contribution in [0.3, 0.4) is 0 Å². The Kier molecular flexibility index (Phi) is 3.17. The molecule has 0 radical (unpaired) electrons. The number of piperidine rings is 1. The molecule has 1 saturated heterocycles. The standard InChI is InChI=1S/C21H24N2O2/c1-12(24)16-10-25-11-17-14(16)8-20-21-15(9-19(17)22(20)2)13-6-4-5-7-18(13)23(21)3/h4-7,10,14,17,19-20H,8-9,11H2,1-3H3/t14-,17+,19-,20-/m1/s1. The number of allylic oxidation sites excluding steroid dienone is 1. The lowest BCUT2D eigenvalue weighted by Gasteiger charge is -2.52. The maximum Gasteiger partial charge on any atom is 0.159 e. The van der Waals surface area contributed by atoms with E-state index in [4.69, 9.17) is 4.74 Å². The lowest BCUT2D eigenvalue weighted by molar-refractivity contribution is -0.116. The van der Waals surface area contributed by atoms with Crippen LogP contribution in [0, 0.1) is 11.8 Å². The van der Waals surface area contributed by atoms with Crippen LogP contribution in [0.5, 0.6) is 0 Å². The zero-order valence-corrected chi connectivity index (χ0v) is 15.0. The Balaban J connectivity index is 1.68. The molecule has 130 valence electrons. The summed E-state index contributed by atoms with van der Waals surface area (Å²) in [4.78, 5) is 14.7. The molecule has 5 rings (SSSR count). The van der Waals surface area contributed by atoms with Gasteiger partial charge in [-0.25, -0.2) is 0 Å². The molecule has 0 N–H and O–H groups in total. The van der Waals surface area contributed by atoms with Crippen molar-refractivity contribution >= 4 is 16.7 Å². The molecule has 0 spiro atoms. The SMILES string of the molecule is CC(=O)C1=COC[C@H]2[C@@H]1C[C@@H]1c3c(c4ccccc4n3C)C[C@H]2N1C. The summed E-state index contributed by atoms with van der Waals surface area (Å²) in [6.07, 6.45) is 3.77. The Hall–Kier alpha value is -2.07. The molecule has 1 aromatic heterocycles. The highest BCUT2D eigenvalue weighted by atomic mass is 16.5. The van der Waals surface area contributed by atoms with Gasteiger partial charge in [0.05, 0.1) is 18.9 Å². The third-order valence-electron chi connectivity index (χ3n) is 6.80. The summed E-state index contributed by atoms with van der Waals surface area (Å²) < 4.78 is 8.09. The average molecular weight is 336 g/mol. The first-order valence-corrected chi connectivity index (χ1v) is 9.18. The van der Waals surface area contributed by atoms with E-state index < -0.39 is 0 Å². The maximum atomic E-state index is 12.1. The van der Waals surface area contributed by atoms with Crippen molar-refractivity contribution in [3.05, 3.63) is 47.4 Å². The summed E-state index contributed by atoms with van der Waals surface area (Å²) in [6.45, 7) is 2.40.